The molecule has 2 N–H and O–H groups in total. The summed E-state index contributed by atoms with van der Waals surface area (Å²) in [6, 6.07) is 8.25. The predicted octanol–water partition coefficient (Wildman–Crippen LogP) is 4.94. The summed E-state index contributed by atoms with van der Waals surface area (Å²) in [5.41, 5.74) is 2.21. The van der Waals surface area contributed by atoms with Gasteiger partial charge >= 0.3 is 0 Å². The molecule has 6 heteroatoms. The molecule has 0 radical (unpaired) electrons. The third-order valence-corrected chi connectivity index (χ3v) is 4.50. The van der Waals surface area contributed by atoms with Crippen LogP contribution in [0.15, 0.2) is 34.1 Å². The van der Waals surface area contributed by atoms with E-state index in [0.717, 1.165) is 32.7 Å². The lowest BCUT2D eigenvalue weighted by molar-refractivity contribution is 1.11. The molecule has 0 aliphatic carbocycles. The fourth-order valence-corrected chi connectivity index (χ4v) is 3.39. The van der Waals surface area contributed by atoms with Gasteiger partial charge in [0, 0.05) is 11.0 Å². The highest BCUT2D eigenvalue weighted by Gasteiger charge is 2.10. The minimum Gasteiger partial charge on any atom is -0.354 e. The highest BCUT2D eigenvalue weighted by Crippen LogP contribution is 2.31. The maximum atomic E-state index is 4.57. The molecule has 0 atom stereocenters. The normalized spacial score (nSPS) is 10.8. The second kappa shape index (κ2) is 5.99. The van der Waals surface area contributed by atoms with Crippen LogP contribution in [0.3, 0.4) is 0 Å². The second-order valence-corrected chi connectivity index (χ2v) is 6.42. The van der Waals surface area contributed by atoms with E-state index < -0.39 is 0 Å². The van der Waals surface area contributed by atoms with Gasteiger partial charge in [0.05, 0.1) is 11.1 Å². The van der Waals surface area contributed by atoms with Gasteiger partial charge in [-0.2, -0.15) is 4.98 Å². The summed E-state index contributed by atoms with van der Waals surface area (Å²) < 4.78 is 1.02. The van der Waals surface area contributed by atoms with Crippen molar-refractivity contribution < 1.29 is 0 Å². The van der Waals surface area contributed by atoms with Crippen LogP contribution in [0.25, 0.3) is 10.2 Å². The van der Waals surface area contributed by atoms with E-state index >= 15 is 0 Å². The Morgan fingerprint density at radius 3 is 2.86 bits per heavy atom. The third kappa shape index (κ3) is 3.01. The van der Waals surface area contributed by atoms with Crippen molar-refractivity contribution in [1.82, 2.24) is 9.97 Å². The molecule has 2 heterocycles. The molecule has 0 spiro atoms. The summed E-state index contributed by atoms with van der Waals surface area (Å²) in [7, 11) is 0. The van der Waals surface area contributed by atoms with Crippen molar-refractivity contribution in [2.75, 3.05) is 17.2 Å². The monoisotopic (exact) mass is 362 g/mol. The van der Waals surface area contributed by atoms with Crippen molar-refractivity contribution >= 4 is 54.9 Å². The first-order valence-corrected chi connectivity index (χ1v) is 8.37. The van der Waals surface area contributed by atoms with Crippen molar-refractivity contribution in [2.24, 2.45) is 0 Å². The summed E-state index contributed by atoms with van der Waals surface area (Å²) in [4.78, 5) is 10.1. The highest BCUT2D eigenvalue weighted by molar-refractivity contribution is 9.10. The molecule has 4 nitrogen and oxygen atoms in total. The minimum atomic E-state index is 0.651. The molecule has 0 bridgehead atoms. The Kier molecular flexibility index (Phi) is 4.07. The summed E-state index contributed by atoms with van der Waals surface area (Å²) in [5.74, 6) is 1.47. The molecule has 0 unspecified atom stereocenters. The quantitative estimate of drug-likeness (QED) is 0.690. The van der Waals surface area contributed by atoms with Crippen LogP contribution < -0.4 is 10.6 Å². The smallest absolute Gasteiger partial charge is 0.226 e. The Balaban J connectivity index is 2.04. The molecule has 21 heavy (non-hydrogen) atoms. The molecule has 0 fully saturated rings. The number of nitrogens with zero attached hydrogens (tertiary/aromatic N) is 2. The van der Waals surface area contributed by atoms with E-state index in [0.29, 0.717) is 5.95 Å². The Labute approximate surface area is 135 Å². The predicted molar refractivity (Wildman–Crippen MR) is 93.7 cm³/mol. The number of fused-ring (bicyclic) bond motifs is 1. The average Bonchev–Trinajstić information content (AvgIpc) is 2.91. The number of anilines is 3. The number of aryl methyl sites for hydroxylation is 1. The van der Waals surface area contributed by atoms with Gasteiger partial charge in [-0.1, -0.05) is 6.07 Å². The van der Waals surface area contributed by atoms with E-state index in [1.54, 1.807) is 11.3 Å². The Morgan fingerprint density at radius 2 is 2.10 bits per heavy atom. The molecule has 0 saturated heterocycles. The van der Waals surface area contributed by atoms with Crippen molar-refractivity contribution in [2.45, 2.75) is 13.8 Å². The van der Waals surface area contributed by atoms with Crippen LogP contribution in [0.1, 0.15) is 12.5 Å². The fraction of sp³-hybridized carbons (Fsp3) is 0.200. The number of aromatic nitrogens is 2. The van der Waals surface area contributed by atoms with Crippen LogP contribution in [0.2, 0.25) is 0 Å². The standard InChI is InChI=1S/C15H15BrN4S/c1-3-17-15-19-13(10-6-7-21-14(10)20-15)18-12-5-4-9(2)8-11(12)16/h4-8H,3H2,1-2H3,(H2,17,18,19,20). The van der Waals surface area contributed by atoms with Gasteiger partial charge in [-0.05, 0) is 58.9 Å². The molecule has 0 amide bonds. The summed E-state index contributed by atoms with van der Waals surface area (Å²) in [6.07, 6.45) is 0. The molecule has 3 rings (SSSR count). The van der Waals surface area contributed by atoms with E-state index in [1.807, 2.05) is 24.4 Å². The molecular formula is C15H15BrN4S. The van der Waals surface area contributed by atoms with Gasteiger partial charge in [0.25, 0.3) is 0 Å². The second-order valence-electron chi connectivity index (χ2n) is 4.67. The van der Waals surface area contributed by atoms with Crippen molar-refractivity contribution in [3.05, 3.63) is 39.7 Å². The largest absolute Gasteiger partial charge is 0.354 e. The van der Waals surface area contributed by atoms with E-state index in [-0.39, 0.29) is 0 Å². The zero-order valence-electron chi connectivity index (χ0n) is 11.8. The molecule has 0 aliphatic rings. The van der Waals surface area contributed by atoms with Crippen LogP contribution in [0.4, 0.5) is 17.5 Å². The van der Waals surface area contributed by atoms with Crippen LogP contribution >= 0.6 is 27.3 Å². The lowest BCUT2D eigenvalue weighted by Gasteiger charge is -2.11. The van der Waals surface area contributed by atoms with E-state index in [1.165, 1.54) is 5.56 Å². The number of halogens is 1. The molecular weight excluding hydrogens is 348 g/mol. The average molecular weight is 363 g/mol. The van der Waals surface area contributed by atoms with Crippen LogP contribution in [0.5, 0.6) is 0 Å². The van der Waals surface area contributed by atoms with Gasteiger partial charge in [-0.15, -0.1) is 11.3 Å². The molecule has 1 aromatic carbocycles. The number of benzene rings is 1. The van der Waals surface area contributed by atoms with Crippen LogP contribution in [-0.2, 0) is 0 Å². The lowest BCUT2D eigenvalue weighted by atomic mass is 10.2. The first kappa shape index (κ1) is 14.3. The fourth-order valence-electron chi connectivity index (χ4n) is 2.04. The first-order valence-electron chi connectivity index (χ1n) is 6.69. The topological polar surface area (TPSA) is 49.8 Å². The van der Waals surface area contributed by atoms with E-state index in [9.17, 15) is 0 Å². The van der Waals surface area contributed by atoms with Gasteiger partial charge in [0.15, 0.2) is 0 Å². The van der Waals surface area contributed by atoms with E-state index in [4.69, 9.17) is 0 Å². The van der Waals surface area contributed by atoms with Gasteiger partial charge in [-0.3, -0.25) is 0 Å². The summed E-state index contributed by atoms with van der Waals surface area (Å²) in [6.45, 7) is 4.90. The maximum Gasteiger partial charge on any atom is 0.226 e. The molecule has 108 valence electrons. The van der Waals surface area contributed by atoms with Crippen LogP contribution in [-0.4, -0.2) is 16.5 Å². The number of nitrogens with one attached hydrogen (secondary N) is 2. The third-order valence-electron chi connectivity index (χ3n) is 3.04. The summed E-state index contributed by atoms with van der Waals surface area (Å²) in [5, 5.41) is 9.64. The zero-order valence-corrected chi connectivity index (χ0v) is 14.2. The molecule has 0 aliphatic heterocycles. The number of rotatable bonds is 4. The van der Waals surface area contributed by atoms with E-state index in [2.05, 4.69) is 55.6 Å². The number of hydrogen-bond acceptors (Lipinski definition) is 5. The number of thiophene rings is 1. The van der Waals surface area contributed by atoms with Crippen LogP contribution in [0, 0.1) is 6.92 Å². The lowest BCUT2D eigenvalue weighted by Crippen LogP contribution is -2.04. The van der Waals surface area contributed by atoms with Crippen molar-refractivity contribution in [3.8, 4) is 0 Å². The Bertz CT molecular complexity index is 784. The van der Waals surface area contributed by atoms with Crippen molar-refractivity contribution in [3.63, 3.8) is 0 Å². The Morgan fingerprint density at radius 1 is 1.24 bits per heavy atom. The molecule has 2 aromatic heterocycles. The molecule has 3 aromatic rings. The van der Waals surface area contributed by atoms with Gasteiger partial charge in [-0.25, -0.2) is 4.98 Å². The molecule has 0 saturated carbocycles. The minimum absolute atomic E-state index is 0.651. The van der Waals surface area contributed by atoms with Crippen molar-refractivity contribution in [1.29, 1.82) is 0 Å². The number of hydrogen-bond donors (Lipinski definition) is 2. The van der Waals surface area contributed by atoms with Gasteiger partial charge < -0.3 is 10.6 Å². The first-order chi connectivity index (χ1) is 10.2. The highest BCUT2D eigenvalue weighted by atomic mass is 79.9. The Hall–Kier alpha value is -1.66. The van der Waals surface area contributed by atoms with Gasteiger partial charge in [0.1, 0.15) is 10.6 Å². The summed E-state index contributed by atoms with van der Waals surface area (Å²) >= 11 is 5.21. The maximum absolute atomic E-state index is 4.57. The van der Waals surface area contributed by atoms with Gasteiger partial charge in [0.2, 0.25) is 5.95 Å². The SMILES string of the molecule is CCNc1nc(Nc2ccc(C)cc2Br)c2ccsc2n1. The zero-order chi connectivity index (χ0) is 14.8.